The Morgan fingerprint density at radius 2 is 1.60 bits per heavy atom. The number of aryl methyl sites for hydroxylation is 3. The van der Waals surface area contributed by atoms with Crippen molar-refractivity contribution in [2.45, 2.75) is 26.5 Å². The van der Waals surface area contributed by atoms with Crippen LogP contribution in [0.15, 0.2) is 42.5 Å². The largest absolute Gasteiger partial charge is 0.455 e. The lowest BCUT2D eigenvalue weighted by atomic mass is 10.1. The zero-order valence-corrected chi connectivity index (χ0v) is 15.6. The van der Waals surface area contributed by atoms with Gasteiger partial charge in [0.2, 0.25) is 0 Å². The molecule has 0 heterocycles. The van der Waals surface area contributed by atoms with E-state index in [1.807, 2.05) is 63.2 Å². The molecule has 25 heavy (non-hydrogen) atoms. The number of esters is 1. The van der Waals surface area contributed by atoms with Crippen LogP contribution in [0.4, 0.5) is 5.69 Å². The molecule has 0 aromatic heterocycles. The second kappa shape index (κ2) is 9.28. The molecule has 0 bridgehead atoms. The summed E-state index contributed by atoms with van der Waals surface area (Å²) in [5.74, 6) is 0.254. The summed E-state index contributed by atoms with van der Waals surface area (Å²) >= 11 is 1.47. The Morgan fingerprint density at radius 3 is 2.24 bits per heavy atom. The quantitative estimate of drug-likeness (QED) is 0.760. The molecule has 0 aliphatic heterocycles. The summed E-state index contributed by atoms with van der Waals surface area (Å²) in [5, 5.41) is 2.74. The van der Waals surface area contributed by atoms with Gasteiger partial charge in [0.1, 0.15) is 0 Å². The number of hydrogen-bond donors (Lipinski definition) is 1. The SMILES string of the molecule is Cc1ccc(CSCC(=O)OCC(=O)Nc2cc(C)cc(C)c2)cc1. The van der Waals surface area contributed by atoms with Crippen molar-refractivity contribution in [3.05, 3.63) is 64.7 Å². The van der Waals surface area contributed by atoms with Crippen LogP contribution in [0.1, 0.15) is 22.3 Å². The fraction of sp³-hybridized carbons (Fsp3) is 0.300. The standard InChI is InChI=1S/C20H23NO3S/c1-14-4-6-17(7-5-14)12-25-13-20(23)24-11-19(22)21-18-9-15(2)8-16(3)10-18/h4-10H,11-13H2,1-3H3,(H,21,22). The molecule has 0 saturated heterocycles. The first kappa shape index (κ1) is 19.1. The Morgan fingerprint density at radius 1 is 0.960 bits per heavy atom. The minimum Gasteiger partial charge on any atom is -0.455 e. The van der Waals surface area contributed by atoms with Crippen LogP contribution in [0, 0.1) is 20.8 Å². The van der Waals surface area contributed by atoms with Crippen molar-refractivity contribution in [1.82, 2.24) is 0 Å². The predicted molar refractivity (Wildman–Crippen MR) is 103 cm³/mol. The molecule has 1 N–H and O–H groups in total. The summed E-state index contributed by atoms with van der Waals surface area (Å²) in [4.78, 5) is 23.6. The van der Waals surface area contributed by atoms with E-state index in [0.29, 0.717) is 5.69 Å². The summed E-state index contributed by atoms with van der Waals surface area (Å²) in [5.41, 5.74) is 5.23. The van der Waals surface area contributed by atoms with Gasteiger partial charge in [0.05, 0.1) is 5.75 Å². The molecule has 0 aliphatic carbocycles. The van der Waals surface area contributed by atoms with Gasteiger partial charge in [-0.25, -0.2) is 0 Å². The van der Waals surface area contributed by atoms with Crippen molar-refractivity contribution in [2.24, 2.45) is 0 Å². The summed E-state index contributed by atoms with van der Waals surface area (Å²) in [6.07, 6.45) is 0. The topological polar surface area (TPSA) is 55.4 Å². The molecule has 0 aliphatic rings. The zero-order valence-electron chi connectivity index (χ0n) is 14.8. The molecule has 2 aromatic carbocycles. The second-order valence-corrected chi connectivity index (χ2v) is 7.05. The van der Waals surface area contributed by atoms with E-state index in [0.717, 1.165) is 22.4 Å². The van der Waals surface area contributed by atoms with Gasteiger partial charge < -0.3 is 10.1 Å². The Hall–Kier alpha value is -2.27. The van der Waals surface area contributed by atoms with Crippen molar-refractivity contribution < 1.29 is 14.3 Å². The fourth-order valence-electron chi connectivity index (χ4n) is 2.37. The van der Waals surface area contributed by atoms with Crippen molar-refractivity contribution in [3.8, 4) is 0 Å². The molecular formula is C20H23NO3S. The van der Waals surface area contributed by atoms with Crippen LogP contribution in [0.3, 0.4) is 0 Å². The Bertz CT molecular complexity index is 721. The second-order valence-electron chi connectivity index (χ2n) is 6.06. The van der Waals surface area contributed by atoms with Crippen LogP contribution in [0.2, 0.25) is 0 Å². The molecule has 2 aromatic rings. The number of rotatable bonds is 7. The van der Waals surface area contributed by atoms with Crippen molar-refractivity contribution >= 4 is 29.3 Å². The van der Waals surface area contributed by atoms with Gasteiger partial charge in [0.15, 0.2) is 6.61 Å². The van der Waals surface area contributed by atoms with Gasteiger partial charge in [-0.3, -0.25) is 9.59 Å². The van der Waals surface area contributed by atoms with Crippen LogP contribution in [0.25, 0.3) is 0 Å². The lowest BCUT2D eigenvalue weighted by molar-refractivity contribution is -0.144. The van der Waals surface area contributed by atoms with E-state index in [9.17, 15) is 9.59 Å². The number of hydrogen-bond acceptors (Lipinski definition) is 4. The molecule has 0 fully saturated rings. The highest BCUT2D eigenvalue weighted by atomic mass is 32.2. The summed E-state index contributed by atoms with van der Waals surface area (Å²) in [7, 11) is 0. The lowest BCUT2D eigenvalue weighted by Crippen LogP contribution is -2.21. The maximum Gasteiger partial charge on any atom is 0.316 e. The van der Waals surface area contributed by atoms with Gasteiger partial charge in [0, 0.05) is 11.4 Å². The Balaban J connectivity index is 1.68. The molecule has 4 nitrogen and oxygen atoms in total. The van der Waals surface area contributed by atoms with Gasteiger partial charge in [-0.05, 0) is 49.6 Å². The first-order valence-corrected chi connectivity index (χ1v) is 9.25. The number of ether oxygens (including phenoxy) is 1. The molecule has 1 amide bonds. The molecule has 0 spiro atoms. The smallest absolute Gasteiger partial charge is 0.316 e. The summed E-state index contributed by atoms with van der Waals surface area (Å²) in [6.45, 7) is 5.70. The average molecular weight is 357 g/mol. The van der Waals surface area contributed by atoms with Gasteiger partial charge in [-0.1, -0.05) is 35.9 Å². The first-order chi connectivity index (χ1) is 11.9. The van der Waals surface area contributed by atoms with Gasteiger partial charge in [0.25, 0.3) is 5.91 Å². The van der Waals surface area contributed by atoms with Crippen LogP contribution in [-0.4, -0.2) is 24.2 Å². The van der Waals surface area contributed by atoms with Crippen LogP contribution in [-0.2, 0) is 20.1 Å². The Labute approximate surface area is 153 Å². The molecule has 5 heteroatoms. The van der Waals surface area contributed by atoms with Gasteiger partial charge in [-0.2, -0.15) is 0 Å². The van der Waals surface area contributed by atoms with E-state index in [1.54, 1.807) is 0 Å². The number of anilines is 1. The van der Waals surface area contributed by atoms with E-state index >= 15 is 0 Å². The van der Waals surface area contributed by atoms with Gasteiger partial charge >= 0.3 is 5.97 Å². The highest BCUT2D eigenvalue weighted by Gasteiger charge is 2.09. The third-order valence-electron chi connectivity index (χ3n) is 3.48. The molecule has 0 saturated carbocycles. The van der Waals surface area contributed by atoms with Gasteiger partial charge in [-0.15, -0.1) is 11.8 Å². The predicted octanol–water partition coefficient (Wildman–Crippen LogP) is 4.03. The highest BCUT2D eigenvalue weighted by Crippen LogP contribution is 2.14. The van der Waals surface area contributed by atoms with Crippen molar-refractivity contribution in [3.63, 3.8) is 0 Å². The van der Waals surface area contributed by atoms with Crippen molar-refractivity contribution in [2.75, 3.05) is 17.7 Å². The number of benzene rings is 2. The number of carbonyl (C=O) groups is 2. The molecule has 2 rings (SSSR count). The first-order valence-electron chi connectivity index (χ1n) is 8.09. The molecule has 0 radical (unpaired) electrons. The van der Waals surface area contributed by atoms with E-state index < -0.39 is 0 Å². The maximum absolute atomic E-state index is 11.9. The Kier molecular flexibility index (Phi) is 7.07. The third-order valence-corrected chi connectivity index (χ3v) is 4.46. The fourth-order valence-corrected chi connectivity index (χ4v) is 3.15. The molecule has 0 atom stereocenters. The summed E-state index contributed by atoms with van der Waals surface area (Å²) in [6, 6.07) is 14.0. The lowest BCUT2D eigenvalue weighted by Gasteiger charge is -2.08. The van der Waals surface area contributed by atoms with Crippen molar-refractivity contribution in [1.29, 1.82) is 0 Å². The monoisotopic (exact) mass is 357 g/mol. The van der Waals surface area contributed by atoms with E-state index in [-0.39, 0.29) is 24.2 Å². The number of amides is 1. The highest BCUT2D eigenvalue weighted by molar-refractivity contribution is 7.99. The molecule has 0 unspecified atom stereocenters. The minimum absolute atomic E-state index is 0.227. The number of nitrogens with one attached hydrogen (secondary N) is 1. The average Bonchev–Trinajstić information content (AvgIpc) is 2.54. The minimum atomic E-state index is -0.382. The zero-order chi connectivity index (χ0) is 18.2. The number of carbonyl (C=O) groups excluding carboxylic acids is 2. The third kappa shape index (κ3) is 7.01. The molecule has 132 valence electrons. The van der Waals surface area contributed by atoms with E-state index in [1.165, 1.54) is 17.3 Å². The maximum atomic E-state index is 11.9. The van der Waals surface area contributed by atoms with Crippen LogP contribution >= 0.6 is 11.8 Å². The summed E-state index contributed by atoms with van der Waals surface area (Å²) < 4.78 is 5.02. The normalized spacial score (nSPS) is 10.4. The number of thioether (sulfide) groups is 1. The van der Waals surface area contributed by atoms with E-state index in [2.05, 4.69) is 5.32 Å². The van der Waals surface area contributed by atoms with Crippen LogP contribution in [0.5, 0.6) is 0 Å². The van der Waals surface area contributed by atoms with E-state index in [4.69, 9.17) is 4.74 Å². The molecular weight excluding hydrogens is 334 g/mol. The van der Waals surface area contributed by atoms with Crippen LogP contribution < -0.4 is 5.32 Å².